The van der Waals surface area contributed by atoms with E-state index >= 15 is 0 Å². The molecule has 0 aliphatic heterocycles. The second-order valence-electron chi connectivity index (χ2n) is 7.06. The van der Waals surface area contributed by atoms with Gasteiger partial charge in [0.1, 0.15) is 0 Å². The van der Waals surface area contributed by atoms with Crippen molar-refractivity contribution in [1.82, 2.24) is 4.31 Å². The standard InChI is InChI=1S/C15H25N3O2S/c1-14(2)13(15(14,3)4)17-12-8-7-10(9-11(12)16)21(19,20)18(5)6/h7-9,13,17H,16H2,1-6H3. The molecule has 0 spiro atoms. The molecule has 6 heteroatoms. The first-order valence-electron chi connectivity index (χ1n) is 7.01. The Balaban J connectivity index is 2.27. The molecule has 0 amide bonds. The van der Waals surface area contributed by atoms with E-state index in [1.165, 1.54) is 24.5 Å². The van der Waals surface area contributed by atoms with E-state index in [1.807, 2.05) is 0 Å². The van der Waals surface area contributed by atoms with E-state index < -0.39 is 10.0 Å². The van der Waals surface area contributed by atoms with Gasteiger partial charge in [0.25, 0.3) is 0 Å². The molecule has 0 aromatic heterocycles. The lowest BCUT2D eigenvalue weighted by atomic mass is 10.0. The Kier molecular flexibility index (Phi) is 3.54. The number of anilines is 2. The zero-order valence-electron chi connectivity index (χ0n) is 13.6. The van der Waals surface area contributed by atoms with Gasteiger partial charge in [-0.3, -0.25) is 0 Å². The summed E-state index contributed by atoms with van der Waals surface area (Å²) in [4.78, 5) is 0.213. The van der Waals surface area contributed by atoms with Crippen LogP contribution < -0.4 is 11.1 Å². The lowest BCUT2D eigenvalue weighted by Crippen LogP contribution is -2.22. The molecule has 1 saturated carbocycles. The van der Waals surface area contributed by atoms with Crippen LogP contribution in [-0.2, 0) is 10.0 Å². The largest absolute Gasteiger partial charge is 0.397 e. The average Bonchev–Trinajstić information content (AvgIpc) is 2.73. The summed E-state index contributed by atoms with van der Waals surface area (Å²) in [6.45, 7) is 8.86. The molecule has 1 aromatic carbocycles. The van der Waals surface area contributed by atoms with Crippen molar-refractivity contribution in [2.75, 3.05) is 25.1 Å². The monoisotopic (exact) mass is 311 g/mol. The molecular weight excluding hydrogens is 286 g/mol. The maximum Gasteiger partial charge on any atom is 0.242 e. The Morgan fingerprint density at radius 3 is 2.05 bits per heavy atom. The molecule has 21 heavy (non-hydrogen) atoms. The third kappa shape index (κ3) is 2.40. The van der Waals surface area contributed by atoms with Gasteiger partial charge in [-0.25, -0.2) is 12.7 Å². The van der Waals surface area contributed by atoms with Gasteiger partial charge in [-0.2, -0.15) is 0 Å². The Morgan fingerprint density at radius 2 is 1.67 bits per heavy atom. The van der Waals surface area contributed by atoms with Crippen LogP contribution in [0.1, 0.15) is 27.7 Å². The topological polar surface area (TPSA) is 75.4 Å². The summed E-state index contributed by atoms with van der Waals surface area (Å²) in [5, 5.41) is 3.44. The normalized spacial score (nSPS) is 20.5. The first-order valence-corrected chi connectivity index (χ1v) is 8.45. The summed E-state index contributed by atoms with van der Waals surface area (Å²) in [5.41, 5.74) is 7.65. The van der Waals surface area contributed by atoms with Gasteiger partial charge in [0.05, 0.1) is 16.3 Å². The highest BCUT2D eigenvalue weighted by Crippen LogP contribution is 2.63. The quantitative estimate of drug-likeness (QED) is 0.837. The fraction of sp³-hybridized carbons (Fsp3) is 0.600. The smallest absolute Gasteiger partial charge is 0.242 e. The second-order valence-corrected chi connectivity index (χ2v) is 9.21. The van der Waals surface area contributed by atoms with Gasteiger partial charge in [0, 0.05) is 20.1 Å². The first-order chi connectivity index (χ1) is 9.42. The number of nitrogen functional groups attached to an aromatic ring is 1. The number of hydrogen-bond acceptors (Lipinski definition) is 4. The third-order valence-electron chi connectivity index (χ3n) is 5.12. The molecule has 1 fully saturated rings. The van der Waals surface area contributed by atoms with Crippen molar-refractivity contribution in [1.29, 1.82) is 0 Å². The molecule has 118 valence electrons. The fourth-order valence-corrected chi connectivity index (χ4v) is 3.69. The highest BCUT2D eigenvalue weighted by atomic mass is 32.2. The molecule has 0 bridgehead atoms. The average molecular weight is 311 g/mol. The minimum Gasteiger partial charge on any atom is -0.397 e. The summed E-state index contributed by atoms with van der Waals surface area (Å²) >= 11 is 0. The van der Waals surface area contributed by atoms with E-state index in [9.17, 15) is 8.42 Å². The molecule has 1 aliphatic rings. The number of hydrogen-bond donors (Lipinski definition) is 2. The number of rotatable bonds is 4. The van der Waals surface area contributed by atoms with Gasteiger partial charge in [-0.05, 0) is 29.0 Å². The molecule has 0 radical (unpaired) electrons. The van der Waals surface area contributed by atoms with Crippen molar-refractivity contribution < 1.29 is 8.42 Å². The second kappa shape index (κ2) is 4.61. The predicted molar refractivity (Wildman–Crippen MR) is 86.7 cm³/mol. The van der Waals surface area contributed by atoms with Crippen LogP contribution in [0.15, 0.2) is 23.1 Å². The zero-order chi connectivity index (χ0) is 16.2. The van der Waals surface area contributed by atoms with Gasteiger partial charge < -0.3 is 11.1 Å². The van der Waals surface area contributed by atoms with Gasteiger partial charge in [-0.1, -0.05) is 27.7 Å². The lowest BCUT2D eigenvalue weighted by molar-refractivity contribution is 0.457. The van der Waals surface area contributed by atoms with E-state index in [2.05, 4.69) is 33.0 Å². The fourth-order valence-electron chi connectivity index (χ4n) is 2.76. The molecule has 3 N–H and O–H groups in total. The van der Waals surface area contributed by atoms with Crippen LogP contribution in [0.5, 0.6) is 0 Å². The van der Waals surface area contributed by atoms with E-state index in [1.54, 1.807) is 12.1 Å². The Morgan fingerprint density at radius 1 is 1.14 bits per heavy atom. The molecular formula is C15H25N3O2S. The van der Waals surface area contributed by atoms with Crippen molar-refractivity contribution in [3.63, 3.8) is 0 Å². The molecule has 1 aromatic rings. The molecule has 0 saturated heterocycles. The van der Waals surface area contributed by atoms with E-state index in [0.717, 1.165) is 5.69 Å². The van der Waals surface area contributed by atoms with Crippen LogP contribution in [0.4, 0.5) is 11.4 Å². The van der Waals surface area contributed by atoms with Crippen LogP contribution in [0.25, 0.3) is 0 Å². The Bertz CT molecular complexity index is 649. The van der Waals surface area contributed by atoms with Gasteiger partial charge in [0.2, 0.25) is 10.0 Å². The Labute approximate surface area is 127 Å². The zero-order valence-corrected chi connectivity index (χ0v) is 14.4. The van der Waals surface area contributed by atoms with Gasteiger partial charge in [0.15, 0.2) is 0 Å². The van der Waals surface area contributed by atoms with Gasteiger partial charge in [-0.15, -0.1) is 0 Å². The summed E-state index contributed by atoms with van der Waals surface area (Å²) in [7, 11) is -0.435. The van der Waals surface area contributed by atoms with E-state index in [-0.39, 0.29) is 15.7 Å². The molecule has 1 aliphatic carbocycles. The summed E-state index contributed by atoms with van der Waals surface area (Å²) in [6.07, 6.45) is 0. The van der Waals surface area contributed by atoms with Crippen molar-refractivity contribution in [3.05, 3.63) is 18.2 Å². The van der Waals surface area contributed by atoms with Crippen molar-refractivity contribution >= 4 is 21.4 Å². The number of nitrogens with one attached hydrogen (secondary N) is 1. The summed E-state index contributed by atoms with van der Waals surface area (Å²) < 4.78 is 25.4. The van der Waals surface area contributed by atoms with Crippen LogP contribution >= 0.6 is 0 Å². The van der Waals surface area contributed by atoms with Crippen molar-refractivity contribution in [3.8, 4) is 0 Å². The lowest BCUT2D eigenvalue weighted by Gasteiger charge is -2.15. The van der Waals surface area contributed by atoms with Crippen LogP contribution in [0, 0.1) is 10.8 Å². The van der Waals surface area contributed by atoms with Crippen LogP contribution in [-0.4, -0.2) is 32.9 Å². The number of nitrogens with two attached hydrogens (primary N) is 1. The number of benzene rings is 1. The van der Waals surface area contributed by atoms with Gasteiger partial charge >= 0.3 is 0 Å². The molecule has 5 nitrogen and oxygen atoms in total. The SMILES string of the molecule is CN(C)S(=O)(=O)c1ccc(NC2C(C)(C)C2(C)C)c(N)c1. The minimum absolute atomic E-state index is 0.188. The van der Waals surface area contributed by atoms with Crippen LogP contribution in [0.2, 0.25) is 0 Å². The highest BCUT2D eigenvalue weighted by molar-refractivity contribution is 7.89. The maximum absolute atomic E-state index is 12.1. The van der Waals surface area contributed by atoms with Crippen LogP contribution in [0.3, 0.4) is 0 Å². The van der Waals surface area contributed by atoms with E-state index in [0.29, 0.717) is 11.7 Å². The highest BCUT2D eigenvalue weighted by Gasteiger charge is 2.65. The number of sulfonamides is 1. The predicted octanol–water partition coefficient (Wildman–Crippen LogP) is 2.37. The molecule has 2 rings (SSSR count). The molecule has 0 unspecified atom stereocenters. The maximum atomic E-state index is 12.1. The third-order valence-corrected chi connectivity index (χ3v) is 6.93. The van der Waals surface area contributed by atoms with E-state index in [4.69, 9.17) is 5.73 Å². The molecule has 0 heterocycles. The Hall–Kier alpha value is -1.27. The van der Waals surface area contributed by atoms with Crippen molar-refractivity contribution in [2.45, 2.75) is 38.6 Å². The molecule has 0 atom stereocenters. The summed E-state index contributed by atoms with van der Waals surface area (Å²) in [6, 6.07) is 5.18. The van der Waals surface area contributed by atoms with Crippen molar-refractivity contribution in [2.24, 2.45) is 10.8 Å². The number of nitrogens with zero attached hydrogens (tertiary/aromatic N) is 1. The first kappa shape index (κ1) is 16.1. The summed E-state index contributed by atoms with van der Waals surface area (Å²) in [5.74, 6) is 0. The minimum atomic E-state index is -3.45.